The van der Waals surface area contributed by atoms with Crippen LogP contribution in [0.3, 0.4) is 0 Å². The molecule has 4 aromatic rings. The Balaban J connectivity index is 1.37. The van der Waals surface area contributed by atoms with Gasteiger partial charge < -0.3 is 10.2 Å². The summed E-state index contributed by atoms with van der Waals surface area (Å²) in [6.45, 7) is 3.55. The number of nitrogens with one attached hydrogen (secondary N) is 1. The van der Waals surface area contributed by atoms with E-state index in [1.54, 1.807) is 6.20 Å². The third kappa shape index (κ3) is 4.00. The summed E-state index contributed by atoms with van der Waals surface area (Å²) >= 11 is 3.58. The fourth-order valence-electron chi connectivity index (χ4n) is 4.24. The van der Waals surface area contributed by atoms with Gasteiger partial charge in [0.2, 0.25) is 0 Å². The normalized spacial score (nSPS) is 14.6. The third-order valence-corrected chi connectivity index (χ3v) is 6.56. The Kier molecular flexibility index (Phi) is 5.66. The summed E-state index contributed by atoms with van der Waals surface area (Å²) in [5, 5.41) is 8.17. The summed E-state index contributed by atoms with van der Waals surface area (Å²) in [5.41, 5.74) is 4.73. The van der Waals surface area contributed by atoms with Gasteiger partial charge in [-0.15, -0.1) is 0 Å². The van der Waals surface area contributed by atoms with Crippen molar-refractivity contribution >= 4 is 33.3 Å². The zero-order chi connectivity index (χ0) is 22.1. The van der Waals surface area contributed by atoms with E-state index in [-0.39, 0.29) is 11.9 Å². The first-order valence-electron chi connectivity index (χ1n) is 10.8. The highest BCUT2D eigenvalue weighted by atomic mass is 79.9. The van der Waals surface area contributed by atoms with Crippen molar-refractivity contribution < 1.29 is 4.79 Å². The maximum Gasteiger partial charge on any atom is 0.253 e. The van der Waals surface area contributed by atoms with Crippen LogP contribution in [0.5, 0.6) is 0 Å². The van der Waals surface area contributed by atoms with E-state index >= 15 is 0 Å². The van der Waals surface area contributed by atoms with Crippen LogP contribution in [-0.4, -0.2) is 44.5 Å². The molecule has 162 valence electrons. The van der Waals surface area contributed by atoms with Gasteiger partial charge >= 0.3 is 0 Å². The van der Waals surface area contributed by atoms with Crippen molar-refractivity contribution in [1.82, 2.24) is 19.5 Å². The molecule has 0 aliphatic carbocycles. The summed E-state index contributed by atoms with van der Waals surface area (Å²) in [5.74, 6) is 1.01. The Bertz CT molecular complexity index is 1260. The number of aryl methyl sites for hydroxylation is 1. The third-order valence-electron chi connectivity index (χ3n) is 6.00. The van der Waals surface area contributed by atoms with E-state index in [4.69, 9.17) is 4.98 Å². The van der Waals surface area contributed by atoms with Crippen LogP contribution < -0.4 is 5.32 Å². The van der Waals surface area contributed by atoms with Crippen molar-refractivity contribution in [3.05, 3.63) is 82.5 Å². The number of hydrogen-bond acceptors (Lipinski definition) is 4. The van der Waals surface area contributed by atoms with Crippen molar-refractivity contribution in [3.63, 3.8) is 0 Å². The largest absolute Gasteiger partial charge is 0.367 e. The van der Waals surface area contributed by atoms with Crippen molar-refractivity contribution in [2.24, 2.45) is 0 Å². The molecule has 0 spiro atoms. The predicted octanol–water partition coefficient (Wildman–Crippen LogP) is 5.18. The number of anilines is 1. The first-order valence-corrected chi connectivity index (χ1v) is 11.6. The summed E-state index contributed by atoms with van der Waals surface area (Å²) < 4.78 is 2.70. The quantitative estimate of drug-likeness (QED) is 0.428. The molecule has 3 heterocycles. The highest BCUT2D eigenvalue weighted by Gasteiger charge is 2.24. The molecule has 5 rings (SSSR count). The number of fused-ring (bicyclic) bond motifs is 1. The summed E-state index contributed by atoms with van der Waals surface area (Å²) in [6.07, 6.45) is 3.53. The number of nitrogens with zero attached hydrogens (tertiary/aromatic N) is 4. The number of rotatable bonds is 4. The van der Waals surface area contributed by atoms with Gasteiger partial charge in [0.1, 0.15) is 5.82 Å². The highest BCUT2D eigenvalue weighted by molar-refractivity contribution is 9.10. The first kappa shape index (κ1) is 20.7. The molecule has 1 aliphatic heterocycles. The first-order chi connectivity index (χ1) is 15.6. The SMILES string of the molecule is Cc1ccccc1-c1cc(NC2CCN(C(=O)c3ccccc3)CC2)n2ncc(Br)c2n1. The second-order valence-electron chi connectivity index (χ2n) is 8.15. The average Bonchev–Trinajstić information content (AvgIpc) is 3.21. The minimum Gasteiger partial charge on any atom is -0.367 e. The standard InChI is InChI=1S/C25H24BrN5O/c1-17-7-5-6-10-20(17)22-15-23(31-24(29-22)21(26)16-27-31)28-19-11-13-30(14-12-19)25(32)18-8-3-2-4-9-18/h2-10,15-16,19,28H,11-14H2,1H3. The molecule has 2 aromatic heterocycles. The average molecular weight is 490 g/mol. The maximum atomic E-state index is 12.8. The number of halogens is 1. The molecule has 1 fully saturated rings. The van der Waals surface area contributed by atoms with Gasteiger partial charge in [-0.1, -0.05) is 42.5 Å². The second-order valence-corrected chi connectivity index (χ2v) is 9.00. The molecule has 1 aliphatic rings. The Morgan fingerprint density at radius 1 is 1.06 bits per heavy atom. The Morgan fingerprint density at radius 2 is 1.78 bits per heavy atom. The molecule has 32 heavy (non-hydrogen) atoms. The number of amides is 1. The monoisotopic (exact) mass is 489 g/mol. The van der Waals surface area contributed by atoms with Crippen LogP contribution in [0.25, 0.3) is 16.9 Å². The highest BCUT2D eigenvalue weighted by Crippen LogP contribution is 2.29. The van der Waals surface area contributed by atoms with Crippen molar-refractivity contribution in [3.8, 4) is 11.3 Å². The molecule has 2 aromatic carbocycles. The topological polar surface area (TPSA) is 62.5 Å². The molecule has 1 amide bonds. The van der Waals surface area contributed by atoms with Gasteiger partial charge in [0, 0.05) is 36.3 Å². The molecular weight excluding hydrogens is 466 g/mol. The van der Waals surface area contributed by atoms with E-state index in [1.807, 2.05) is 51.9 Å². The van der Waals surface area contributed by atoms with Gasteiger partial charge in [-0.25, -0.2) is 4.98 Å². The maximum absolute atomic E-state index is 12.8. The number of piperidine rings is 1. The lowest BCUT2D eigenvalue weighted by Crippen LogP contribution is -2.42. The van der Waals surface area contributed by atoms with Gasteiger partial charge in [0.15, 0.2) is 5.65 Å². The number of carbonyl (C=O) groups excluding carboxylic acids is 1. The van der Waals surface area contributed by atoms with Crippen molar-refractivity contribution in [2.45, 2.75) is 25.8 Å². The Morgan fingerprint density at radius 3 is 2.53 bits per heavy atom. The number of carbonyl (C=O) groups is 1. The lowest BCUT2D eigenvalue weighted by atomic mass is 10.0. The van der Waals surface area contributed by atoms with Crippen LogP contribution in [0, 0.1) is 6.92 Å². The number of benzene rings is 2. The molecular formula is C25H24BrN5O. The fourth-order valence-corrected chi connectivity index (χ4v) is 4.58. The molecule has 0 atom stereocenters. The minimum atomic E-state index is 0.105. The molecule has 1 N–H and O–H groups in total. The van der Waals surface area contributed by atoms with Gasteiger partial charge in [-0.3, -0.25) is 4.79 Å². The van der Waals surface area contributed by atoms with E-state index in [0.29, 0.717) is 0 Å². The predicted molar refractivity (Wildman–Crippen MR) is 130 cm³/mol. The zero-order valence-corrected chi connectivity index (χ0v) is 19.4. The minimum absolute atomic E-state index is 0.105. The van der Waals surface area contributed by atoms with Crippen LogP contribution in [0.2, 0.25) is 0 Å². The molecule has 0 radical (unpaired) electrons. The number of aromatic nitrogens is 3. The zero-order valence-electron chi connectivity index (χ0n) is 17.8. The molecule has 0 bridgehead atoms. The van der Waals surface area contributed by atoms with Gasteiger partial charge in [-0.2, -0.15) is 9.61 Å². The fraction of sp³-hybridized carbons (Fsp3) is 0.240. The van der Waals surface area contributed by atoms with Gasteiger partial charge in [-0.05, 0) is 53.4 Å². The second kappa shape index (κ2) is 8.74. The van der Waals surface area contributed by atoms with Crippen LogP contribution >= 0.6 is 15.9 Å². The van der Waals surface area contributed by atoms with Crippen molar-refractivity contribution in [2.75, 3.05) is 18.4 Å². The van der Waals surface area contributed by atoms with E-state index in [0.717, 1.165) is 58.7 Å². The lowest BCUT2D eigenvalue weighted by molar-refractivity contribution is 0.0718. The number of likely N-dealkylation sites (tertiary alicyclic amines) is 1. The summed E-state index contributed by atoms with van der Waals surface area (Å²) in [4.78, 5) is 19.5. The van der Waals surface area contributed by atoms with E-state index in [1.165, 1.54) is 5.56 Å². The van der Waals surface area contributed by atoms with Crippen molar-refractivity contribution in [1.29, 1.82) is 0 Å². The summed E-state index contributed by atoms with van der Waals surface area (Å²) in [7, 11) is 0. The Labute approximate surface area is 195 Å². The van der Waals surface area contributed by atoms with E-state index in [2.05, 4.69) is 51.5 Å². The molecule has 6 nitrogen and oxygen atoms in total. The van der Waals surface area contributed by atoms with E-state index < -0.39 is 0 Å². The Hall–Kier alpha value is -3.19. The smallest absolute Gasteiger partial charge is 0.253 e. The van der Waals surface area contributed by atoms with Crippen LogP contribution in [0.15, 0.2) is 71.3 Å². The molecule has 7 heteroatoms. The van der Waals surface area contributed by atoms with Crippen LogP contribution in [-0.2, 0) is 0 Å². The van der Waals surface area contributed by atoms with Crippen LogP contribution in [0.4, 0.5) is 5.82 Å². The van der Waals surface area contributed by atoms with Crippen LogP contribution in [0.1, 0.15) is 28.8 Å². The van der Waals surface area contributed by atoms with E-state index in [9.17, 15) is 4.79 Å². The summed E-state index contributed by atoms with van der Waals surface area (Å²) in [6, 6.07) is 20.1. The molecule has 1 saturated heterocycles. The van der Waals surface area contributed by atoms with Gasteiger partial charge in [0.05, 0.1) is 16.4 Å². The number of hydrogen-bond donors (Lipinski definition) is 1. The lowest BCUT2D eigenvalue weighted by Gasteiger charge is -2.33. The molecule has 0 unspecified atom stereocenters. The van der Waals surface area contributed by atoms with Gasteiger partial charge in [0.25, 0.3) is 5.91 Å². The molecule has 0 saturated carbocycles.